The average molecular weight is 226 g/mol. The van der Waals surface area contributed by atoms with Crippen LogP contribution in [0.15, 0.2) is 24.3 Å². The lowest BCUT2D eigenvalue weighted by Gasteiger charge is -2.07. The van der Waals surface area contributed by atoms with Gasteiger partial charge in [-0.3, -0.25) is 0 Å². The van der Waals surface area contributed by atoms with Crippen LogP contribution in [0.1, 0.15) is 30.4 Å². The van der Waals surface area contributed by atoms with Gasteiger partial charge in [0.2, 0.25) is 0 Å². The molecule has 15 heavy (non-hydrogen) atoms. The Kier molecular flexibility index (Phi) is 5.13. The normalized spacial score (nSPS) is 14.7. The molecule has 0 bridgehead atoms. The number of hydrogen-bond donors (Lipinski definition) is 1. The van der Waals surface area contributed by atoms with E-state index in [-0.39, 0.29) is 12.4 Å². The van der Waals surface area contributed by atoms with Crippen molar-refractivity contribution in [2.45, 2.75) is 32.1 Å². The molecule has 0 atom stereocenters. The van der Waals surface area contributed by atoms with Crippen molar-refractivity contribution in [1.29, 1.82) is 0 Å². The molecule has 0 radical (unpaired) electrons. The Balaban J connectivity index is 0.00000112. The van der Waals surface area contributed by atoms with Crippen LogP contribution in [-0.4, -0.2) is 6.54 Å². The third-order valence-electron chi connectivity index (χ3n) is 3.20. The molecule has 0 saturated heterocycles. The van der Waals surface area contributed by atoms with Crippen LogP contribution < -0.4 is 5.73 Å². The second-order valence-corrected chi connectivity index (χ2v) is 4.33. The van der Waals surface area contributed by atoms with E-state index in [1.54, 1.807) is 11.1 Å². The molecule has 2 heteroatoms. The highest BCUT2D eigenvalue weighted by Crippen LogP contribution is 2.29. The molecule has 2 rings (SSSR count). The molecule has 84 valence electrons. The highest BCUT2D eigenvalue weighted by molar-refractivity contribution is 5.85. The maximum Gasteiger partial charge on any atom is -0.00773 e. The summed E-state index contributed by atoms with van der Waals surface area (Å²) in [6, 6.07) is 8.86. The van der Waals surface area contributed by atoms with Gasteiger partial charge in [0.15, 0.2) is 0 Å². The summed E-state index contributed by atoms with van der Waals surface area (Å²) >= 11 is 0. The molecule has 0 fully saturated rings. The molecule has 0 aliphatic heterocycles. The van der Waals surface area contributed by atoms with Crippen LogP contribution in [0.4, 0.5) is 0 Å². The van der Waals surface area contributed by atoms with Gasteiger partial charge in [-0.25, -0.2) is 0 Å². The monoisotopic (exact) mass is 225 g/mol. The van der Waals surface area contributed by atoms with E-state index in [0.29, 0.717) is 0 Å². The van der Waals surface area contributed by atoms with Crippen LogP contribution in [0.3, 0.4) is 0 Å². The van der Waals surface area contributed by atoms with E-state index in [9.17, 15) is 0 Å². The second-order valence-electron chi connectivity index (χ2n) is 4.33. The van der Waals surface area contributed by atoms with Gasteiger partial charge < -0.3 is 5.73 Å². The lowest BCUT2D eigenvalue weighted by atomic mass is 9.99. The van der Waals surface area contributed by atoms with Gasteiger partial charge in [0.1, 0.15) is 0 Å². The largest absolute Gasteiger partial charge is 0.330 e. The minimum atomic E-state index is 0. The van der Waals surface area contributed by atoms with E-state index in [1.807, 2.05) is 0 Å². The molecule has 0 amide bonds. The molecule has 1 nitrogen and oxygen atoms in total. The van der Waals surface area contributed by atoms with Crippen molar-refractivity contribution < 1.29 is 0 Å². The SMILES string of the molecule is Cl.NCCCCC1Cc2ccccc2C1. The van der Waals surface area contributed by atoms with Crippen molar-refractivity contribution >= 4 is 12.4 Å². The number of hydrogen-bond acceptors (Lipinski definition) is 1. The van der Waals surface area contributed by atoms with Gasteiger partial charge in [-0.15, -0.1) is 12.4 Å². The Morgan fingerprint density at radius 3 is 2.20 bits per heavy atom. The van der Waals surface area contributed by atoms with Crippen molar-refractivity contribution in [3.8, 4) is 0 Å². The predicted molar refractivity (Wildman–Crippen MR) is 67.5 cm³/mol. The van der Waals surface area contributed by atoms with Gasteiger partial charge >= 0.3 is 0 Å². The minimum absolute atomic E-state index is 0. The van der Waals surface area contributed by atoms with E-state index in [0.717, 1.165) is 12.5 Å². The number of fused-ring (bicyclic) bond motifs is 1. The van der Waals surface area contributed by atoms with Crippen LogP contribution in [-0.2, 0) is 12.8 Å². The summed E-state index contributed by atoms with van der Waals surface area (Å²) in [6.07, 6.45) is 6.43. The number of benzene rings is 1. The fourth-order valence-electron chi connectivity index (χ4n) is 2.43. The summed E-state index contributed by atoms with van der Waals surface area (Å²) < 4.78 is 0. The first-order valence-electron chi connectivity index (χ1n) is 5.67. The van der Waals surface area contributed by atoms with E-state index in [4.69, 9.17) is 5.73 Å². The zero-order valence-electron chi connectivity index (χ0n) is 9.11. The molecule has 0 spiro atoms. The van der Waals surface area contributed by atoms with E-state index in [2.05, 4.69) is 24.3 Å². The number of halogens is 1. The third kappa shape index (κ3) is 3.22. The van der Waals surface area contributed by atoms with Gasteiger partial charge in [-0.2, -0.15) is 0 Å². The standard InChI is InChI=1S/C13H19N.ClH/c14-8-4-3-5-11-9-12-6-1-2-7-13(12)10-11;/h1-2,6-7,11H,3-5,8-10,14H2;1H. The molecule has 1 aromatic carbocycles. The summed E-state index contributed by atoms with van der Waals surface area (Å²) in [5, 5.41) is 0. The van der Waals surface area contributed by atoms with Crippen molar-refractivity contribution in [2.75, 3.05) is 6.54 Å². The quantitative estimate of drug-likeness (QED) is 0.784. The smallest absolute Gasteiger partial charge is 0.00773 e. The van der Waals surface area contributed by atoms with Crippen LogP contribution >= 0.6 is 12.4 Å². The van der Waals surface area contributed by atoms with Gasteiger partial charge in [0.25, 0.3) is 0 Å². The van der Waals surface area contributed by atoms with E-state index < -0.39 is 0 Å². The average Bonchev–Trinajstić information content (AvgIpc) is 2.60. The molecule has 0 saturated carbocycles. The van der Waals surface area contributed by atoms with Gasteiger partial charge in [-0.1, -0.05) is 30.7 Å². The molecule has 0 heterocycles. The number of nitrogens with two attached hydrogens (primary N) is 1. The Morgan fingerprint density at radius 2 is 1.67 bits per heavy atom. The van der Waals surface area contributed by atoms with E-state index in [1.165, 1.54) is 32.1 Å². The first-order valence-corrected chi connectivity index (χ1v) is 5.67. The summed E-state index contributed by atoms with van der Waals surface area (Å²) in [5.41, 5.74) is 8.65. The molecule has 1 aliphatic carbocycles. The third-order valence-corrected chi connectivity index (χ3v) is 3.20. The van der Waals surface area contributed by atoms with Crippen molar-refractivity contribution in [3.63, 3.8) is 0 Å². The molecule has 0 unspecified atom stereocenters. The highest BCUT2D eigenvalue weighted by Gasteiger charge is 2.19. The molecular weight excluding hydrogens is 206 g/mol. The zero-order valence-corrected chi connectivity index (χ0v) is 9.93. The summed E-state index contributed by atoms with van der Waals surface area (Å²) in [4.78, 5) is 0. The molecule has 2 N–H and O–H groups in total. The Labute approximate surface area is 98.5 Å². The maximum absolute atomic E-state index is 5.50. The number of rotatable bonds is 4. The maximum atomic E-state index is 5.50. The highest BCUT2D eigenvalue weighted by atomic mass is 35.5. The fourth-order valence-corrected chi connectivity index (χ4v) is 2.43. The predicted octanol–water partition coefficient (Wildman–Crippen LogP) is 2.95. The molecular formula is C13H20ClN. The van der Waals surface area contributed by atoms with Gasteiger partial charge in [-0.05, 0) is 49.3 Å². The zero-order chi connectivity index (χ0) is 9.80. The Morgan fingerprint density at radius 1 is 1.07 bits per heavy atom. The first kappa shape index (κ1) is 12.5. The number of unbranched alkanes of at least 4 members (excludes halogenated alkanes) is 1. The Hall–Kier alpha value is -0.530. The Bertz CT molecular complexity index is 273. The van der Waals surface area contributed by atoms with Crippen molar-refractivity contribution in [2.24, 2.45) is 11.7 Å². The minimum Gasteiger partial charge on any atom is -0.330 e. The summed E-state index contributed by atoms with van der Waals surface area (Å²) in [5.74, 6) is 0.888. The lowest BCUT2D eigenvalue weighted by Crippen LogP contribution is -2.03. The van der Waals surface area contributed by atoms with Crippen molar-refractivity contribution in [1.82, 2.24) is 0 Å². The summed E-state index contributed by atoms with van der Waals surface area (Å²) in [6.45, 7) is 0.847. The van der Waals surface area contributed by atoms with Crippen LogP contribution in [0.2, 0.25) is 0 Å². The molecule has 1 aromatic rings. The fraction of sp³-hybridized carbons (Fsp3) is 0.538. The van der Waals surface area contributed by atoms with E-state index >= 15 is 0 Å². The van der Waals surface area contributed by atoms with Crippen LogP contribution in [0.5, 0.6) is 0 Å². The first-order chi connectivity index (χ1) is 6.90. The van der Waals surface area contributed by atoms with Crippen LogP contribution in [0, 0.1) is 5.92 Å². The molecule has 1 aliphatic rings. The second kappa shape index (κ2) is 6.14. The lowest BCUT2D eigenvalue weighted by molar-refractivity contribution is 0.484. The molecule has 0 aromatic heterocycles. The van der Waals surface area contributed by atoms with Crippen molar-refractivity contribution in [3.05, 3.63) is 35.4 Å². The summed E-state index contributed by atoms with van der Waals surface area (Å²) in [7, 11) is 0. The van der Waals surface area contributed by atoms with Gasteiger partial charge in [0, 0.05) is 0 Å². The topological polar surface area (TPSA) is 26.0 Å². The van der Waals surface area contributed by atoms with Crippen LogP contribution in [0.25, 0.3) is 0 Å². The van der Waals surface area contributed by atoms with Gasteiger partial charge in [0.05, 0.1) is 0 Å².